The molecule has 0 aromatic heterocycles. The molecule has 6 heteroatoms. The third-order valence-corrected chi connectivity index (χ3v) is 3.80. The van der Waals surface area contributed by atoms with Gasteiger partial charge in [-0.25, -0.2) is 0 Å². The number of hydrogen-bond acceptors (Lipinski definition) is 4. The fraction of sp³-hybridized carbons (Fsp3) is 0.263. The van der Waals surface area contributed by atoms with Crippen LogP contribution in [-0.4, -0.2) is 32.1 Å². The molecule has 25 heavy (non-hydrogen) atoms. The molecule has 0 aliphatic heterocycles. The van der Waals surface area contributed by atoms with Gasteiger partial charge in [0.05, 0.1) is 19.8 Å². The molecule has 2 amide bonds. The number of anilines is 1. The van der Waals surface area contributed by atoms with Crippen LogP contribution in [0.4, 0.5) is 5.69 Å². The number of methoxy groups -OCH3 is 2. The molecule has 2 rings (SSSR count). The van der Waals surface area contributed by atoms with E-state index in [0.717, 1.165) is 11.3 Å². The molecule has 0 saturated carbocycles. The van der Waals surface area contributed by atoms with Crippen molar-refractivity contribution in [3.05, 3.63) is 53.6 Å². The maximum atomic E-state index is 12.4. The van der Waals surface area contributed by atoms with Crippen LogP contribution in [0.5, 0.6) is 11.5 Å². The first-order chi connectivity index (χ1) is 12.0. The third-order valence-electron chi connectivity index (χ3n) is 3.80. The number of carbonyl (C=O) groups excluding carboxylic acids is 2. The lowest BCUT2D eigenvalue weighted by Crippen LogP contribution is -2.41. The zero-order valence-corrected chi connectivity index (χ0v) is 14.8. The fourth-order valence-corrected chi connectivity index (χ4v) is 2.28. The first-order valence-corrected chi connectivity index (χ1v) is 7.85. The summed E-state index contributed by atoms with van der Waals surface area (Å²) >= 11 is 0. The molecule has 0 fully saturated rings. The van der Waals surface area contributed by atoms with Crippen LogP contribution < -0.4 is 20.1 Å². The molecule has 1 atom stereocenters. The van der Waals surface area contributed by atoms with Crippen molar-refractivity contribution in [2.75, 3.05) is 19.5 Å². The highest BCUT2D eigenvalue weighted by Gasteiger charge is 2.20. The minimum Gasteiger partial charge on any atom is -0.497 e. The molecule has 0 radical (unpaired) electrons. The first kappa shape index (κ1) is 18.3. The van der Waals surface area contributed by atoms with Gasteiger partial charge in [0.1, 0.15) is 17.5 Å². The SMILES string of the molecule is COc1ccc(C(=O)NC(C)C(=O)Nc2ccccc2C)c(OC)c1. The van der Waals surface area contributed by atoms with Crippen LogP contribution in [0, 0.1) is 6.92 Å². The summed E-state index contributed by atoms with van der Waals surface area (Å²) in [6, 6.07) is 11.6. The van der Waals surface area contributed by atoms with E-state index < -0.39 is 11.9 Å². The monoisotopic (exact) mass is 342 g/mol. The van der Waals surface area contributed by atoms with E-state index in [-0.39, 0.29) is 5.91 Å². The molecular weight excluding hydrogens is 320 g/mol. The molecule has 0 bridgehead atoms. The van der Waals surface area contributed by atoms with E-state index in [1.165, 1.54) is 14.2 Å². The van der Waals surface area contributed by atoms with Crippen LogP contribution in [0.2, 0.25) is 0 Å². The number of para-hydroxylation sites is 1. The summed E-state index contributed by atoms with van der Waals surface area (Å²) in [6.45, 7) is 3.53. The molecule has 6 nitrogen and oxygen atoms in total. The molecule has 0 aliphatic carbocycles. The molecule has 0 aliphatic rings. The lowest BCUT2D eigenvalue weighted by Gasteiger charge is -2.16. The summed E-state index contributed by atoms with van der Waals surface area (Å²) in [7, 11) is 3.01. The van der Waals surface area contributed by atoms with Gasteiger partial charge in [0.25, 0.3) is 5.91 Å². The Bertz CT molecular complexity index is 774. The number of ether oxygens (including phenoxy) is 2. The van der Waals surface area contributed by atoms with Crippen LogP contribution >= 0.6 is 0 Å². The Kier molecular flexibility index (Phi) is 6.00. The number of rotatable bonds is 6. The number of benzene rings is 2. The highest BCUT2D eigenvalue weighted by atomic mass is 16.5. The predicted molar refractivity (Wildman–Crippen MR) is 96.3 cm³/mol. The van der Waals surface area contributed by atoms with E-state index in [0.29, 0.717) is 17.1 Å². The Morgan fingerprint density at radius 3 is 2.40 bits per heavy atom. The molecular formula is C19H22N2O4. The Morgan fingerprint density at radius 2 is 1.76 bits per heavy atom. The average molecular weight is 342 g/mol. The molecule has 0 heterocycles. The van der Waals surface area contributed by atoms with Crippen LogP contribution in [0.15, 0.2) is 42.5 Å². The van der Waals surface area contributed by atoms with E-state index in [1.807, 2.05) is 31.2 Å². The Labute approximate surface area is 147 Å². The second-order valence-electron chi connectivity index (χ2n) is 5.57. The predicted octanol–water partition coefficient (Wildman–Crippen LogP) is 2.77. The lowest BCUT2D eigenvalue weighted by atomic mass is 10.1. The number of aryl methyl sites for hydroxylation is 1. The number of hydrogen-bond donors (Lipinski definition) is 2. The van der Waals surface area contributed by atoms with E-state index in [1.54, 1.807) is 25.1 Å². The number of carbonyl (C=O) groups is 2. The van der Waals surface area contributed by atoms with E-state index in [4.69, 9.17) is 9.47 Å². The Balaban J connectivity index is 2.07. The van der Waals surface area contributed by atoms with Crippen molar-refractivity contribution in [3.8, 4) is 11.5 Å². The summed E-state index contributed by atoms with van der Waals surface area (Å²) in [4.78, 5) is 24.8. The van der Waals surface area contributed by atoms with Crippen LogP contribution in [-0.2, 0) is 4.79 Å². The minimum atomic E-state index is -0.709. The Hall–Kier alpha value is -3.02. The van der Waals surface area contributed by atoms with Crippen LogP contribution in [0.3, 0.4) is 0 Å². The fourth-order valence-electron chi connectivity index (χ4n) is 2.28. The topological polar surface area (TPSA) is 76.7 Å². The summed E-state index contributed by atoms with van der Waals surface area (Å²) in [6.07, 6.45) is 0. The first-order valence-electron chi connectivity index (χ1n) is 7.85. The zero-order chi connectivity index (χ0) is 18.4. The molecule has 0 spiro atoms. The lowest BCUT2D eigenvalue weighted by molar-refractivity contribution is -0.117. The van der Waals surface area contributed by atoms with Gasteiger partial charge in [0, 0.05) is 11.8 Å². The van der Waals surface area contributed by atoms with Gasteiger partial charge in [-0.3, -0.25) is 9.59 Å². The molecule has 2 aromatic rings. The van der Waals surface area contributed by atoms with Gasteiger partial charge in [-0.15, -0.1) is 0 Å². The molecule has 2 aromatic carbocycles. The molecule has 0 saturated heterocycles. The quantitative estimate of drug-likeness (QED) is 0.846. The van der Waals surface area contributed by atoms with Gasteiger partial charge in [-0.1, -0.05) is 18.2 Å². The van der Waals surface area contributed by atoms with Crippen molar-refractivity contribution in [2.24, 2.45) is 0 Å². The van der Waals surface area contributed by atoms with Crippen molar-refractivity contribution in [1.82, 2.24) is 5.32 Å². The summed E-state index contributed by atoms with van der Waals surface area (Å²) < 4.78 is 10.3. The van der Waals surface area contributed by atoms with Crippen LogP contribution in [0.1, 0.15) is 22.8 Å². The van der Waals surface area contributed by atoms with Crippen molar-refractivity contribution in [2.45, 2.75) is 19.9 Å². The maximum Gasteiger partial charge on any atom is 0.255 e. The summed E-state index contributed by atoms with van der Waals surface area (Å²) in [5.74, 6) is 0.268. The van der Waals surface area contributed by atoms with Gasteiger partial charge in [-0.2, -0.15) is 0 Å². The van der Waals surface area contributed by atoms with Gasteiger partial charge in [0.15, 0.2) is 0 Å². The van der Waals surface area contributed by atoms with Crippen molar-refractivity contribution >= 4 is 17.5 Å². The van der Waals surface area contributed by atoms with Crippen molar-refractivity contribution < 1.29 is 19.1 Å². The normalized spacial score (nSPS) is 11.4. The number of amides is 2. The van der Waals surface area contributed by atoms with Crippen LogP contribution in [0.25, 0.3) is 0 Å². The minimum absolute atomic E-state index is 0.296. The highest BCUT2D eigenvalue weighted by molar-refractivity contribution is 6.02. The second-order valence-corrected chi connectivity index (χ2v) is 5.57. The summed E-state index contributed by atoms with van der Waals surface area (Å²) in [5.41, 5.74) is 2.00. The van der Waals surface area contributed by atoms with E-state index in [9.17, 15) is 9.59 Å². The standard InChI is InChI=1S/C19H22N2O4/c1-12-7-5-6-8-16(12)21-18(22)13(2)20-19(23)15-10-9-14(24-3)11-17(15)25-4/h5-11,13H,1-4H3,(H,20,23)(H,21,22). The molecule has 132 valence electrons. The maximum absolute atomic E-state index is 12.4. The van der Waals surface area contributed by atoms with Gasteiger partial charge in [-0.05, 0) is 37.6 Å². The van der Waals surface area contributed by atoms with Crippen molar-refractivity contribution in [1.29, 1.82) is 0 Å². The molecule has 1 unspecified atom stereocenters. The van der Waals surface area contributed by atoms with Crippen molar-refractivity contribution in [3.63, 3.8) is 0 Å². The van der Waals surface area contributed by atoms with Gasteiger partial charge >= 0.3 is 0 Å². The highest BCUT2D eigenvalue weighted by Crippen LogP contribution is 2.24. The Morgan fingerprint density at radius 1 is 1.04 bits per heavy atom. The smallest absolute Gasteiger partial charge is 0.255 e. The average Bonchev–Trinajstić information content (AvgIpc) is 2.62. The largest absolute Gasteiger partial charge is 0.497 e. The number of nitrogens with one attached hydrogen (secondary N) is 2. The van der Waals surface area contributed by atoms with Gasteiger partial charge in [0.2, 0.25) is 5.91 Å². The molecule has 2 N–H and O–H groups in total. The zero-order valence-electron chi connectivity index (χ0n) is 14.8. The third kappa shape index (κ3) is 4.50. The van der Waals surface area contributed by atoms with E-state index in [2.05, 4.69) is 10.6 Å². The summed E-state index contributed by atoms with van der Waals surface area (Å²) in [5, 5.41) is 5.48. The second kappa shape index (κ2) is 8.19. The van der Waals surface area contributed by atoms with Gasteiger partial charge < -0.3 is 20.1 Å². The van der Waals surface area contributed by atoms with E-state index >= 15 is 0 Å².